The van der Waals surface area contributed by atoms with Gasteiger partial charge in [0.2, 0.25) is 5.91 Å². The first-order valence-electron chi connectivity index (χ1n) is 11.3. The van der Waals surface area contributed by atoms with Gasteiger partial charge in [0.05, 0.1) is 12.1 Å². The maximum absolute atomic E-state index is 13.5. The molecule has 4 bridgehead atoms. The molecule has 0 spiro atoms. The molecule has 1 aliphatic heterocycles. The molecule has 6 rings (SSSR count). The Morgan fingerprint density at radius 3 is 2.57 bits per heavy atom. The van der Waals surface area contributed by atoms with E-state index in [0.29, 0.717) is 29.9 Å². The third-order valence-corrected chi connectivity index (χ3v) is 8.98. The van der Waals surface area contributed by atoms with Crippen LogP contribution < -0.4 is 11.1 Å². The highest BCUT2D eigenvalue weighted by Gasteiger charge is 2.64. The van der Waals surface area contributed by atoms with Gasteiger partial charge in [-0.3, -0.25) is 9.59 Å². The molecule has 0 radical (unpaired) electrons. The number of rotatable bonds is 6. The number of nitriles is 1. The van der Waals surface area contributed by atoms with Crippen molar-refractivity contribution in [3.05, 3.63) is 0 Å². The number of thiol groups is 1. The van der Waals surface area contributed by atoms with Crippen LogP contribution in [-0.4, -0.2) is 59.3 Å². The number of carbonyl (C=O) groups excluding carboxylic acids is 2. The standard InChI is InChI=1S/C22H32N4O3S/c1-25-16(10-30)20(28)29-22-7-12-2-13(8-22)6-21(5-12,11-22)18(24)19(27)26-15(9-23)3-14-4-17(14)26/h12-18,25,30H,2-8,10-11,24H2,1H3/t12-,13?,14?,15-,16+,17?,18+,21?,22?/m0/s1. The van der Waals surface area contributed by atoms with Crippen molar-refractivity contribution in [2.45, 2.75) is 81.1 Å². The zero-order valence-corrected chi connectivity index (χ0v) is 18.4. The van der Waals surface area contributed by atoms with E-state index in [1.165, 1.54) is 0 Å². The van der Waals surface area contributed by atoms with E-state index in [0.717, 1.165) is 44.9 Å². The maximum atomic E-state index is 13.5. The van der Waals surface area contributed by atoms with Gasteiger partial charge in [-0.05, 0) is 81.6 Å². The Balaban J connectivity index is 1.38. The molecular weight excluding hydrogens is 400 g/mol. The summed E-state index contributed by atoms with van der Waals surface area (Å²) in [5.74, 6) is 1.44. The van der Waals surface area contributed by atoms with Crippen LogP contribution in [0.25, 0.3) is 0 Å². The Labute approximate surface area is 183 Å². The number of piperidine rings is 1. The summed E-state index contributed by atoms with van der Waals surface area (Å²) in [6, 6.07) is 1.13. The molecule has 5 aliphatic carbocycles. The number of carbonyl (C=O) groups is 2. The van der Waals surface area contributed by atoms with E-state index in [4.69, 9.17) is 10.5 Å². The number of hydrogen-bond donors (Lipinski definition) is 3. The molecule has 8 heteroatoms. The Bertz CT molecular complexity index is 780. The number of nitrogens with two attached hydrogens (primary N) is 1. The Morgan fingerprint density at radius 2 is 1.97 bits per heavy atom. The molecule has 0 aromatic rings. The number of esters is 1. The summed E-state index contributed by atoms with van der Waals surface area (Å²) in [7, 11) is 1.74. The molecule has 5 unspecified atom stereocenters. The minimum atomic E-state index is -0.623. The van der Waals surface area contributed by atoms with Gasteiger partial charge >= 0.3 is 5.97 Å². The second kappa shape index (κ2) is 7.11. The quantitative estimate of drug-likeness (QED) is 0.430. The summed E-state index contributed by atoms with van der Waals surface area (Å²) < 4.78 is 6.16. The van der Waals surface area contributed by atoms with Crippen LogP contribution >= 0.6 is 12.6 Å². The molecule has 6 fully saturated rings. The number of amides is 1. The van der Waals surface area contributed by atoms with Crippen molar-refractivity contribution in [1.29, 1.82) is 5.26 Å². The van der Waals surface area contributed by atoms with Crippen molar-refractivity contribution in [2.24, 2.45) is 28.9 Å². The van der Waals surface area contributed by atoms with Crippen LogP contribution in [0.2, 0.25) is 0 Å². The number of likely N-dealkylation sites (tertiary alicyclic amines) is 1. The normalized spacial score (nSPS) is 44.9. The van der Waals surface area contributed by atoms with Gasteiger partial charge in [0.25, 0.3) is 0 Å². The number of likely N-dealkylation sites (N-methyl/N-ethyl adjacent to an activating group) is 1. The second-order valence-electron chi connectivity index (χ2n) is 10.6. The largest absolute Gasteiger partial charge is 0.458 e. The molecule has 164 valence electrons. The van der Waals surface area contributed by atoms with Crippen LogP contribution in [-0.2, 0) is 14.3 Å². The van der Waals surface area contributed by atoms with Gasteiger partial charge in [-0.2, -0.15) is 17.9 Å². The zero-order valence-electron chi connectivity index (χ0n) is 17.5. The van der Waals surface area contributed by atoms with Crippen LogP contribution in [0.1, 0.15) is 51.4 Å². The number of nitrogens with one attached hydrogen (secondary N) is 1. The Hall–Kier alpha value is -1.30. The molecule has 1 heterocycles. The van der Waals surface area contributed by atoms with Crippen LogP contribution in [0.15, 0.2) is 0 Å². The van der Waals surface area contributed by atoms with E-state index >= 15 is 0 Å². The monoisotopic (exact) mass is 432 g/mol. The van der Waals surface area contributed by atoms with Crippen LogP contribution in [0.4, 0.5) is 0 Å². The van der Waals surface area contributed by atoms with Gasteiger partial charge in [0, 0.05) is 11.8 Å². The molecule has 9 atom stereocenters. The molecular formula is C22H32N4O3S. The Morgan fingerprint density at radius 1 is 1.27 bits per heavy atom. The van der Waals surface area contributed by atoms with Crippen molar-refractivity contribution in [3.8, 4) is 6.07 Å². The molecule has 1 saturated heterocycles. The van der Waals surface area contributed by atoms with Crippen LogP contribution in [0.3, 0.4) is 0 Å². The third kappa shape index (κ3) is 3.08. The summed E-state index contributed by atoms with van der Waals surface area (Å²) in [5, 5.41) is 12.5. The Kier molecular flexibility index (Phi) is 4.88. The first-order valence-corrected chi connectivity index (χ1v) is 12.0. The van der Waals surface area contributed by atoms with E-state index in [2.05, 4.69) is 24.0 Å². The highest BCUT2D eigenvalue weighted by atomic mass is 32.1. The molecule has 0 aromatic heterocycles. The molecule has 5 saturated carbocycles. The topological polar surface area (TPSA) is 108 Å². The maximum Gasteiger partial charge on any atom is 0.324 e. The molecule has 1 amide bonds. The van der Waals surface area contributed by atoms with Crippen LogP contribution in [0, 0.1) is 34.5 Å². The number of fused-ring (bicyclic) bond motifs is 1. The zero-order chi connectivity index (χ0) is 21.3. The van der Waals surface area contributed by atoms with Gasteiger partial charge < -0.3 is 20.7 Å². The lowest BCUT2D eigenvalue weighted by Gasteiger charge is -2.62. The number of hydrogen-bond acceptors (Lipinski definition) is 7. The molecule has 6 aliphatic rings. The van der Waals surface area contributed by atoms with Crippen molar-refractivity contribution >= 4 is 24.5 Å². The molecule has 0 aromatic carbocycles. The average Bonchev–Trinajstić information content (AvgIpc) is 3.36. The lowest BCUT2D eigenvalue weighted by molar-refractivity contribution is -0.207. The van der Waals surface area contributed by atoms with E-state index in [1.807, 2.05) is 0 Å². The SMILES string of the molecule is CN[C@H](CS)C(=O)OC12CC3C[C@H](C1)CC([C@H](N)C(=O)N1C4CC4C[C@H]1C#N)(C3)C2. The minimum Gasteiger partial charge on any atom is -0.458 e. The van der Waals surface area contributed by atoms with Crippen molar-refractivity contribution in [3.63, 3.8) is 0 Å². The van der Waals surface area contributed by atoms with Gasteiger partial charge in [0.1, 0.15) is 17.7 Å². The molecule has 30 heavy (non-hydrogen) atoms. The first-order chi connectivity index (χ1) is 14.3. The third-order valence-electron chi connectivity index (χ3n) is 8.62. The van der Waals surface area contributed by atoms with Crippen molar-refractivity contribution in [1.82, 2.24) is 10.2 Å². The number of nitrogens with zero attached hydrogens (tertiary/aromatic N) is 2. The van der Waals surface area contributed by atoms with Gasteiger partial charge in [-0.1, -0.05) is 0 Å². The van der Waals surface area contributed by atoms with Gasteiger partial charge in [-0.25, -0.2) is 0 Å². The summed E-state index contributed by atoms with van der Waals surface area (Å²) in [6.07, 6.45) is 7.19. The minimum absolute atomic E-state index is 0.0570. The fourth-order valence-electron chi connectivity index (χ4n) is 7.61. The predicted octanol–water partition coefficient (Wildman–Crippen LogP) is 1.23. The predicted molar refractivity (Wildman–Crippen MR) is 113 cm³/mol. The van der Waals surface area contributed by atoms with Gasteiger partial charge in [-0.15, -0.1) is 0 Å². The van der Waals surface area contributed by atoms with Crippen molar-refractivity contribution < 1.29 is 14.3 Å². The highest BCUT2D eigenvalue weighted by Crippen LogP contribution is 2.64. The van der Waals surface area contributed by atoms with E-state index in [-0.39, 0.29) is 29.4 Å². The fraction of sp³-hybridized carbons (Fsp3) is 0.864. The van der Waals surface area contributed by atoms with Crippen molar-refractivity contribution in [2.75, 3.05) is 12.8 Å². The summed E-state index contributed by atoms with van der Waals surface area (Å²) in [4.78, 5) is 28.1. The molecule has 7 nitrogen and oxygen atoms in total. The average molecular weight is 433 g/mol. The summed E-state index contributed by atoms with van der Waals surface area (Å²) >= 11 is 4.26. The lowest BCUT2D eigenvalue weighted by Crippen LogP contribution is -2.66. The summed E-state index contributed by atoms with van der Waals surface area (Å²) in [6.45, 7) is 0. The lowest BCUT2D eigenvalue weighted by atomic mass is 9.46. The summed E-state index contributed by atoms with van der Waals surface area (Å²) in [5.41, 5.74) is 5.89. The molecule has 3 N–H and O–H groups in total. The highest BCUT2D eigenvalue weighted by molar-refractivity contribution is 7.80. The van der Waals surface area contributed by atoms with E-state index in [9.17, 15) is 14.9 Å². The second-order valence-corrected chi connectivity index (χ2v) is 11.0. The smallest absolute Gasteiger partial charge is 0.324 e. The first kappa shape index (κ1) is 20.6. The number of ether oxygens (including phenoxy) is 1. The van der Waals surface area contributed by atoms with Crippen LogP contribution in [0.5, 0.6) is 0 Å². The fourth-order valence-corrected chi connectivity index (χ4v) is 7.94. The van der Waals surface area contributed by atoms with E-state index in [1.54, 1.807) is 11.9 Å². The van der Waals surface area contributed by atoms with E-state index < -0.39 is 17.7 Å². The van der Waals surface area contributed by atoms with Gasteiger partial charge in [0.15, 0.2) is 0 Å².